The zero-order valence-electron chi connectivity index (χ0n) is 19.4. The van der Waals surface area contributed by atoms with Crippen LogP contribution in [0.25, 0.3) is 21.5 Å². The van der Waals surface area contributed by atoms with Gasteiger partial charge in [0.15, 0.2) is 5.82 Å². The quantitative estimate of drug-likeness (QED) is 0.296. The predicted molar refractivity (Wildman–Crippen MR) is 135 cm³/mol. The molecule has 0 bridgehead atoms. The molecular weight excluding hydrogens is 476 g/mol. The van der Waals surface area contributed by atoms with Crippen molar-refractivity contribution >= 4 is 55.7 Å². The molecule has 3 heterocycles. The van der Waals surface area contributed by atoms with Gasteiger partial charge in [-0.05, 0) is 72.8 Å². The van der Waals surface area contributed by atoms with E-state index in [0.717, 1.165) is 36.4 Å². The van der Waals surface area contributed by atoms with E-state index < -0.39 is 11.7 Å². The van der Waals surface area contributed by atoms with Gasteiger partial charge in [0.1, 0.15) is 5.60 Å². The van der Waals surface area contributed by atoms with Gasteiger partial charge in [0.25, 0.3) is 0 Å². The van der Waals surface area contributed by atoms with E-state index in [2.05, 4.69) is 39.8 Å². The molecule has 2 N–H and O–H groups in total. The minimum Gasteiger partial charge on any atom is -0.443 e. The topological polar surface area (TPSA) is 82.5 Å². The minimum atomic E-state index is -0.607. The Bertz CT molecular complexity index is 1110. The fourth-order valence-corrected chi connectivity index (χ4v) is 5.05. The van der Waals surface area contributed by atoms with Crippen LogP contribution in [0.4, 0.5) is 10.6 Å². The number of pyridine rings is 1. The second kappa shape index (κ2) is 9.96. The summed E-state index contributed by atoms with van der Waals surface area (Å²) in [5.74, 6) is 0.756. The third-order valence-electron chi connectivity index (χ3n) is 4.32. The summed E-state index contributed by atoms with van der Waals surface area (Å²) in [5, 5.41) is 0. The van der Waals surface area contributed by atoms with Crippen LogP contribution in [-0.4, -0.2) is 27.6 Å². The Morgan fingerprint density at radius 1 is 1.32 bits per heavy atom. The molecule has 31 heavy (non-hydrogen) atoms. The molecule has 0 aliphatic heterocycles. The van der Waals surface area contributed by atoms with E-state index in [1.165, 1.54) is 6.34 Å². The van der Waals surface area contributed by atoms with E-state index in [1.54, 1.807) is 22.1 Å². The Labute approximate surface area is 196 Å². The summed E-state index contributed by atoms with van der Waals surface area (Å²) in [7, 11) is 0. The molecule has 0 atom stereocenters. The first-order valence-electron chi connectivity index (χ1n) is 10.3. The maximum Gasteiger partial charge on any atom is 0.419 e. The van der Waals surface area contributed by atoms with Gasteiger partial charge in [0.2, 0.25) is 0 Å². The lowest BCUT2D eigenvalue weighted by Crippen LogP contribution is -2.27. The number of nitrogens with zero attached hydrogens (tertiary/aromatic N) is 3. The van der Waals surface area contributed by atoms with Crippen molar-refractivity contribution < 1.29 is 9.53 Å². The lowest BCUT2D eigenvalue weighted by atomic mass is 9.99. The van der Waals surface area contributed by atoms with Crippen LogP contribution in [0.2, 0.25) is 0 Å². The van der Waals surface area contributed by atoms with Gasteiger partial charge in [-0.15, -0.1) is 11.3 Å². The molecule has 168 valence electrons. The third kappa shape index (κ3) is 5.36. The van der Waals surface area contributed by atoms with Gasteiger partial charge in [0, 0.05) is 11.8 Å². The molecule has 0 unspecified atom stereocenters. The Balaban J connectivity index is 0.00000166. The van der Waals surface area contributed by atoms with Crippen molar-refractivity contribution in [3.05, 3.63) is 33.2 Å². The molecule has 0 aromatic carbocycles. The Hall–Kier alpha value is -2.19. The average Bonchev–Trinajstić information content (AvgIpc) is 3.17. The monoisotopic (exact) mass is 506 g/mol. The number of ether oxygens (including phenoxy) is 1. The molecule has 0 aliphatic rings. The van der Waals surface area contributed by atoms with Crippen LogP contribution in [-0.2, 0) is 4.74 Å². The second-order valence-electron chi connectivity index (χ2n) is 8.14. The van der Waals surface area contributed by atoms with Crippen molar-refractivity contribution in [3.8, 4) is 11.3 Å². The number of fused-ring (bicyclic) bond motifs is 1. The first kappa shape index (κ1) is 25.1. The number of thiophene rings is 1. The van der Waals surface area contributed by atoms with Crippen molar-refractivity contribution in [1.82, 2.24) is 9.55 Å². The molecule has 8 heteroatoms. The lowest BCUT2D eigenvalue weighted by Gasteiger charge is -2.21. The number of hydrogen-bond donors (Lipinski definition) is 1. The second-order valence-corrected chi connectivity index (χ2v) is 10.6. The highest BCUT2D eigenvalue weighted by atomic mass is 79.9. The van der Waals surface area contributed by atoms with Crippen molar-refractivity contribution in [3.63, 3.8) is 0 Å². The maximum absolute atomic E-state index is 13.2. The highest BCUT2D eigenvalue weighted by Gasteiger charge is 2.29. The van der Waals surface area contributed by atoms with E-state index in [9.17, 15) is 4.79 Å². The van der Waals surface area contributed by atoms with Gasteiger partial charge in [-0.3, -0.25) is 0 Å². The maximum atomic E-state index is 13.2. The Morgan fingerprint density at radius 2 is 1.97 bits per heavy atom. The first-order valence-corrected chi connectivity index (χ1v) is 11.9. The van der Waals surface area contributed by atoms with Gasteiger partial charge < -0.3 is 10.5 Å². The summed E-state index contributed by atoms with van der Waals surface area (Å²) in [6.45, 7) is 15.8. The molecule has 3 aromatic rings. The van der Waals surface area contributed by atoms with Crippen molar-refractivity contribution in [1.29, 1.82) is 0 Å². The third-order valence-corrected chi connectivity index (χ3v) is 5.98. The van der Waals surface area contributed by atoms with E-state index >= 15 is 0 Å². The van der Waals surface area contributed by atoms with Crippen LogP contribution < -0.4 is 5.73 Å². The van der Waals surface area contributed by atoms with Gasteiger partial charge >= 0.3 is 6.09 Å². The highest BCUT2D eigenvalue weighted by Crippen LogP contribution is 2.44. The van der Waals surface area contributed by atoms with Crippen LogP contribution in [0.15, 0.2) is 27.1 Å². The number of nitrogens with two attached hydrogens (primary N) is 1. The molecule has 3 rings (SSSR count). The minimum absolute atomic E-state index is 0.198. The van der Waals surface area contributed by atoms with Gasteiger partial charge in [0.05, 0.1) is 26.0 Å². The van der Waals surface area contributed by atoms with Crippen LogP contribution in [0, 0.1) is 6.92 Å². The number of aliphatic imine (C=N–C) groups is 1. The number of carbonyl (C=O) groups is 1. The van der Waals surface area contributed by atoms with E-state index in [4.69, 9.17) is 10.5 Å². The first-order chi connectivity index (χ1) is 14.5. The summed E-state index contributed by atoms with van der Waals surface area (Å²) in [4.78, 5) is 21.8. The normalized spacial score (nSPS) is 11.8. The average molecular weight is 507 g/mol. The summed E-state index contributed by atoms with van der Waals surface area (Å²) in [6, 6.07) is 3.95. The molecule has 0 radical (unpaired) electrons. The van der Waals surface area contributed by atoms with E-state index in [0.29, 0.717) is 5.82 Å². The molecule has 6 nitrogen and oxygen atoms in total. The van der Waals surface area contributed by atoms with E-state index in [1.807, 2.05) is 53.7 Å². The summed E-state index contributed by atoms with van der Waals surface area (Å²) in [5.41, 5.74) is 9.26. The lowest BCUT2D eigenvalue weighted by molar-refractivity contribution is 0.0547. The highest BCUT2D eigenvalue weighted by molar-refractivity contribution is 9.11. The molecule has 0 fully saturated rings. The number of halogens is 1. The number of carbonyl (C=O) groups excluding carboxylic acids is 1. The molecule has 0 aliphatic carbocycles. The molecular formula is C23H31BrN4O2S. The number of rotatable bonds is 3. The van der Waals surface area contributed by atoms with Crippen LogP contribution in [0.5, 0.6) is 0 Å². The van der Waals surface area contributed by atoms with Crippen molar-refractivity contribution in [2.75, 3.05) is 0 Å². The van der Waals surface area contributed by atoms with Crippen LogP contribution in [0.3, 0.4) is 0 Å². The molecule has 0 saturated carbocycles. The summed E-state index contributed by atoms with van der Waals surface area (Å²) < 4.78 is 9.44. The number of hydrogen-bond acceptors (Lipinski definition) is 5. The molecule has 0 amide bonds. The fourth-order valence-electron chi connectivity index (χ4n) is 3.28. The molecule has 0 saturated heterocycles. The molecule has 0 spiro atoms. The number of aromatic nitrogens is 2. The Kier molecular flexibility index (Phi) is 8.05. The predicted octanol–water partition coefficient (Wildman–Crippen LogP) is 7.39. The largest absolute Gasteiger partial charge is 0.443 e. The summed E-state index contributed by atoms with van der Waals surface area (Å²) >= 11 is 5.18. The van der Waals surface area contributed by atoms with Crippen molar-refractivity contribution in [2.45, 2.75) is 66.9 Å². The van der Waals surface area contributed by atoms with Gasteiger partial charge in [-0.2, -0.15) is 0 Å². The van der Waals surface area contributed by atoms with Crippen LogP contribution in [0.1, 0.15) is 65.5 Å². The van der Waals surface area contributed by atoms with Crippen molar-refractivity contribution in [2.24, 2.45) is 10.7 Å². The SMILES string of the molecule is CC.Cc1cc(-c2c(C(C)C)c3sc(Br)cc3n2C(=O)OC(C)(C)C)cnc1N=CN. The smallest absolute Gasteiger partial charge is 0.419 e. The zero-order chi connectivity index (χ0) is 23.5. The fraction of sp³-hybridized carbons (Fsp3) is 0.435. The zero-order valence-corrected chi connectivity index (χ0v) is 21.8. The Morgan fingerprint density at radius 3 is 2.48 bits per heavy atom. The number of aryl methyl sites for hydroxylation is 1. The van der Waals surface area contributed by atoms with Crippen LogP contribution >= 0.6 is 27.3 Å². The summed E-state index contributed by atoms with van der Waals surface area (Å²) in [6.07, 6.45) is 2.55. The van der Waals surface area contributed by atoms with E-state index in [-0.39, 0.29) is 5.92 Å². The van der Waals surface area contributed by atoms with Gasteiger partial charge in [-0.1, -0.05) is 27.7 Å². The van der Waals surface area contributed by atoms with Gasteiger partial charge in [-0.25, -0.2) is 19.3 Å². The standard InChI is InChI=1S/C21H25BrN4O2S.C2H6/c1-11(2)16-17(13-7-12(3)19(24-9-13)25-10-23)26(20(27)28-21(4,5)6)14-8-15(22)29-18(14)16;1-2/h7-11H,1-6H3,(H2,23,24,25);1-2H3. The molecule has 3 aromatic heterocycles.